The molecule has 0 bridgehead atoms. The summed E-state index contributed by atoms with van der Waals surface area (Å²) in [6, 6.07) is 14.7. The molecule has 6 nitrogen and oxygen atoms in total. The predicted octanol–water partition coefficient (Wildman–Crippen LogP) is 3.65. The molecular weight excluding hydrogens is 414 g/mol. The largest absolute Gasteiger partial charge is 0.376 e. The van der Waals surface area contributed by atoms with Crippen LogP contribution in [0.15, 0.2) is 48.5 Å². The molecule has 2 aliphatic rings. The van der Waals surface area contributed by atoms with Crippen molar-refractivity contribution in [3.05, 3.63) is 64.7 Å². The van der Waals surface area contributed by atoms with Crippen molar-refractivity contribution < 1.29 is 14.3 Å². The zero-order valence-corrected chi connectivity index (χ0v) is 18.2. The Morgan fingerprint density at radius 3 is 2.45 bits per heavy atom. The van der Waals surface area contributed by atoms with Gasteiger partial charge in [-0.25, -0.2) is 0 Å². The van der Waals surface area contributed by atoms with Gasteiger partial charge in [-0.15, -0.1) is 0 Å². The standard InChI is InChI=1S/C24H28ClN3O3/c25-18-9-7-17(8-10-18)23(29)27-19-11-13-28(14-12-19)22-6-2-1-5-21(22)24(30)26-16-20-4-3-15-31-20/h1-2,5-10,19-20H,3-4,11-16H2,(H,26,30)(H,27,29). The molecule has 7 heteroatoms. The molecule has 2 N–H and O–H groups in total. The lowest BCUT2D eigenvalue weighted by Gasteiger charge is -2.35. The molecule has 2 amide bonds. The number of carbonyl (C=O) groups excluding carboxylic acids is 2. The van der Waals surface area contributed by atoms with E-state index in [1.807, 2.05) is 24.3 Å². The Labute approximate surface area is 187 Å². The van der Waals surface area contributed by atoms with Crippen molar-refractivity contribution in [1.82, 2.24) is 10.6 Å². The van der Waals surface area contributed by atoms with Crippen LogP contribution in [0.5, 0.6) is 0 Å². The first-order valence-electron chi connectivity index (χ1n) is 10.9. The SMILES string of the molecule is O=C(NC1CCN(c2ccccc2C(=O)NCC2CCCO2)CC1)c1ccc(Cl)cc1. The van der Waals surface area contributed by atoms with E-state index in [-0.39, 0.29) is 24.0 Å². The zero-order valence-electron chi connectivity index (χ0n) is 17.5. The van der Waals surface area contributed by atoms with Gasteiger partial charge in [-0.2, -0.15) is 0 Å². The average Bonchev–Trinajstić information content (AvgIpc) is 3.32. The first-order valence-corrected chi connectivity index (χ1v) is 11.3. The molecule has 0 saturated carbocycles. The number of piperidine rings is 1. The smallest absolute Gasteiger partial charge is 0.253 e. The fourth-order valence-corrected chi connectivity index (χ4v) is 4.31. The molecule has 2 aromatic carbocycles. The second kappa shape index (κ2) is 10.2. The van der Waals surface area contributed by atoms with E-state index >= 15 is 0 Å². The van der Waals surface area contributed by atoms with E-state index in [4.69, 9.17) is 16.3 Å². The Hall–Kier alpha value is -2.57. The van der Waals surface area contributed by atoms with E-state index in [9.17, 15) is 9.59 Å². The van der Waals surface area contributed by atoms with Crippen molar-refractivity contribution in [2.24, 2.45) is 0 Å². The third kappa shape index (κ3) is 5.57. The summed E-state index contributed by atoms with van der Waals surface area (Å²) in [4.78, 5) is 27.5. The van der Waals surface area contributed by atoms with Crippen molar-refractivity contribution in [3.8, 4) is 0 Å². The van der Waals surface area contributed by atoms with Crippen LogP contribution in [0.4, 0.5) is 5.69 Å². The summed E-state index contributed by atoms with van der Waals surface area (Å²) in [5.74, 6) is -0.145. The lowest BCUT2D eigenvalue weighted by atomic mass is 10.0. The van der Waals surface area contributed by atoms with E-state index in [2.05, 4.69) is 15.5 Å². The van der Waals surface area contributed by atoms with Crippen LogP contribution in [0.2, 0.25) is 5.02 Å². The van der Waals surface area contributed by atoms with Gasteiger partial charge in [0.25, 0.3) is 11.8 Å². The van der Waals surface area contributed by atoms with Crippen molar-refractivity contribution in [2.45, 2.75) is 37.8 Å². The Kier molecular flexibility index (Phi) is 7.10. The lowest BCUT2D eigenvalue weighted by Crippen LogP contribution is -2.45. The quantitative estimate of drug-likeness (QED) is 0.717. The number of para-hydroxylation sites is 1. The molecule has 2 aliphatic heterocycles. The minimum absolute atomic E-state index is 0.0655. The Balaban J connectivity index is 1.32. The lowest BCUT2D eigenvalue weighted by molar-refractivity contribution is 0.0858. The summed E-state index contributed by atoms with van der Waals surface area (Å²) in [7, 11) is 0. The fourth-order valence-electron chi connectivity index (χ4n) is 4.18. The summed E-state index contributed by atoms with van der Waals surface area (Å²) in [5.41, 5.74) is 2.24. The summed E-state index contributed by atoms with van der Waals surface area (Å²) >= 11 is 5.90. The molecule has 2 fully saturated rings. The fraction of sp³-hybridized carbons (Fsp3) is 0.417. The van der Waals surface area contributed by atoms with Crippen LogP contribution in [-0.2, 0) is 4.74 Å². The summed E-state index contributed by atoms with van der Waals surface area (Å²) in [5, 5.41) is 6.75. The molecular formula is C24H28ClN3O3. The van der Waals surface area contributed by atoms with Gasteiger partial charge in [-0.1, -0.05) is 23.7 Å². The molecule has 2 saturated heterocycles. The first-order chi connectivity index (χ1) is 15.1. The highest BCUT2D eigenvalue weighted by atomic mass is 35.5. The summed E-state index contributed by atoms with van der Waals surface area (Å²) in [6.07, 6.45) is 3.82. The third-order valence-electron chi connectivity index (χ3n) is 5.94. The number of hydrogen-bond donors (Lipinski definition) is 2. The van der Waals surface area contributed by atoms with Gasteiger partial charge in [0, 0.05) is 48.6 Å². The molecule has 0 aromatic heterocycles. The average molecular weight is 442 g/mol. The molecule has 0 radical (unpaired) electrons. The Morgan fingerprint density at radius 2 is 1.74 bits per heavy atom. The molecule has 164 valence electrons. The van der Waals surface area contributed by atoms with E-state index in [1.54, 1.807) is 24.3 Å². The van der Waals surface area contributed by atoms with Gasteiger partial charge in [-0.3, -0.25) is 9.59 Å². The Morgan fingerprint density at radius 1 is 1.00 bits per heavy atom. The number of halogens is 1. The van der Waals surface area contributed by atoms with Crippen LogP contribution >= 0.6 is 11.6 Å². The number of nitrogens with zero attached hydrogens (tertiary/aromatic N) is 1. The van der Waals surface area contributed by atoms with Crippen LogP contribution in [0.25, 0.3) is 0 Å². The molecule has 2 heterocycles. The van der Waals surface area contributed by atoms with Gasteiger partial charge in [0.15, 0.2) is 0 Å². The number of amides is 2. The maximum atomic E-state index is 12.8. The highest BCUT2D eigenvalue weighted by molar-refractivity contribution is 6.30. The molecule has 0 aliphatic carbocycles. The van der Waals surface area contributed by atoms with E-state index in [0.29, 0.717) is 22.7 Å². The molecule has 1 atom stereocenters. The second-order valence-corrected chi connectivity index (χ2v) is 8.54. The number of hydrogen-bond acceptors (Lipinski definition) is 4. The first kappa shape index (κ1) is 21.7. The third-order valence-corrected chi connectivity index (χ3v) is 6.19. The summed E-state index contributed by atoms with van der Waals surface area (Å²) in [6.45, 7) is 2.88. The van der Waals surface area contributed by atoms with E-state index < -0.39 is 0 Å². The number of carbonyl (C=O) groups is 2. The minimum Gasteiger partial charge on any atom is -0.376 e. The van der Waals surface area contributed by atoms with Gasteiger partial charge < -0.3 is 20.3 Å². The zero-order chi connectivity index (χ0) is 21.6. The molecule has 0 spiro atoms. The molecule has 1 unspecified atom stereocenters. The normalized spacial score (nSPS) is 19.3. The predicted molar refractivity (Wildman–Crippen MR) is 122 cm³/mol. The van der Waals surface area contributed by atoms with Gasteiger partial charge in [0.1, 0.15) is 0 Å². The number of rotatable bonds is 6. The van der Waals surface area contributed by atoms with Crippen LogP contribution in [0.1, 0.15) is 46.4 Å². The molecule has 31 heavy (non-hydrogen) atoms. The maximum Gasteiger partial charge on any atom is 0.253 e. The van der Waals surface area contributed by atoms with Crippen LogP contribution < -0.4 is 15.5 Å². The second-order valence-electron chi connectivity index (χ2n) is 8.10. The van der Waals surface area contributed by atoms with Crippen molar-refractivity contribution >= 4 is 29.1 Å². The topological polar surface area (TPSA) is 70.7 Å². The number of benzene rings is 2. The number of nitrogens with one attached hydrogen (secondary N) is 2. The highest BCUT2D eigenvalue weighted by Crippen LogP contribution is 2.25. The van der Waals surface area contributed by atoms with E-state index in [0.717, 1.165) is 51.1 Å². The van der Waals surface area contributed by atoms with Gasteiger partial charge in [0.2, 0.25) is 0 Å². The monoisotopic (exact) mass is 441 g/mol. The van der Waals surface area contributed by atoms with E-state index in [1.165, 1.54) is 0 Å². The molecule has 4 rings (SSSR count). The summed E-state index contributed by atoms with van der Waals surface area (Å²) < 4.78 is 5.60. The van der Waals surface area contributed by atoms with Gasteiger partial charge >= 0.3 is 0 Å². The highest BCUT2D eigenvalue weighted by Gasteiger charge is 2.24. The van der Waals surface area contributed by atoms with Crippen LogP contribution in [-0.4, -0.2) is 50.2 Å². The van der Waals surface area contributed by atoms with Crippen molar-refractivity contribution in [2.75, 3.05) is 31.1 Å². The number of ether oxygens (including phenoxy) is 1. The van der Waals surface area contributed by atoms with Gasteiger partial charge in [-0.05, 0) is 62.1 Å². The van der Waals surface area contributed by atoms with Crippen LogP contribution in [0.3, 0.4) is 0 Å². The number of anilines is 1. The van der Waals surface area contributed by atoms with Crippen molar-refractivity contribution in [1.29, 1.82) is 0 Å². The maximum absolute atomic E-state index is 12.8. The minimum atomic E-state index is -0.0796. The Bertz CT molecular complexity index is 905. The molecule has 2 aromatic rings. The van der Waals surface area contributed by atoms with Crippen LogP contribution in [0, 0.1) is 0 Å². The van der Waals surface area contributed by atoms with Crippen molar-refractivity contribution in [3.63, 3.8) is 0 Å². The van der Waals surface area contributed by atoms with Gasteiger partial charge in [0.05, 0.1) is 11.7 Å².